The largest absolute Gasteiger partial charge is 0.353 e. The summed E-state index contributed by atoms with van der Waals surface area (Å²) in [6.07, 6.45) is 3.47. The molecule has 0 bridgehead atoms. The van der Waals surface area contributed by atoms with Gasteiger partial charge in [0.2, 0.25) is 5.91 Å². The second-order valence-corrected chi connectivity index (χ2v) is 7.55. The van der Waals surface area contributed by atoms with Gasteiger partial charge in [-0.2, -0.15) is 0 Å². The molecule has 4 heteroatoms. The number of carbonyl (C=O) groups excluding carboxylic acids is 1. The van der Waals surface area contributed by atoms with Crippen LogP contribution in [0.25, 0.3) is 0 Å². The molecule has 1 aromatic rings. The molecule has 23 heavy (non-hydrogen) atoms. The van der Waals surface area contributed by atoms with Crippen molar-refractivity contribution in [1.29, 1.82) is 0 Å². The van der Waals surface area contributed by atoms with Gasteiger partial charge in [-0.15, -0.1) is 0 Å². The number of nitrogens with one attached hydrogen (secondary N) is 1. The molecule has 0 spiro atoms. The number of likely N-dealkylation sites (tertiary alicyclic amines) is 1. The number of amides is 1. The van der Waals surface area contributed by atoms with Crippen LogP contribution in [0.2, 0.25) is 0 Å². The van der Waals surface area contributed by atoms with E-state index in [1.807, 2.05) is 20.8 Å². The van der Waals surface area contributed by atoms with Crippen molar-refractivity contribution in [2.45, 2.75) is 51.6 Å². The Hall–Kier alpha value is -1.39. The number of piperidine rings is 1. The number of hydrogen-bond donors (Lipinski definition) is 2. The van der Waals surface area contributed by atoms with Crippen LogP contribution < -0.4 is 11.1 Å². The molecule has 3 N–H and O–H groups in total. The van der Waals surface area contributed by atoms with Gasteiger partial charge in [-0.3, -0.25) is 9.69 Å². The van der Waals surface area contributed by atoms with E-state index in [1.165, 1.54) is 5.56 Å². The van der Waals surface area contributed by atoms with E-state index in [0.29, 0.717) is 6.54 Å². The topological polar surface area (TPSA) is 58.4 Å². The average molecular weight is 317 g/mol. The summed E-state index contributed by atoms with van der Waals surface area (Å²) in [5.41, 5.74) is 6.98. The predicted molar refractivity (Wildman–Crippen MR) is 95.2 cm³/mol. The van der Waals surface area contributed by atoms with E-state index in [0.717, 1.165) is 38.3 Å². The van der Waals surface area contributed by atoms with E-state index >= 15 is 0 Å². The molecule has 0 radical (unpaired) electrons. The summed E-state index contributed by atoms with van der Waals surface area (Å²) in [7, 11) is 0. The molecule has 1 aromatic carbocycles. The second kappa shape index (κ2) is 7.93. The van der Waals surface area contributed by atoms with E-state index in [2.05, 4.69) is 40.5 Å². The maximum Gasteiger partial charge on any atom is 0.237 e. The Labute approximate surface area is 140 Å². The van der Waals surface area contributed by atoms with E-state index in [-0.39, 0.29) is 17.5 Å². The van der Waals surface area contributed by atoms with Crippen LogP contribution >= 0.6 is 0 Å². The highest BCUT2D eigenvalue weighted by molar-refractivity contribution is 5.81. The molecule has 1 atom stereocenters. The molecule has 1 amide bonds. The van der Waals surface area contributed by atoms with E-state index in [9.17, 15) is 4.79 Å². The van der Waals surface area contributed by atoms with Crippen molar-refractivity contribution >= 4 is 5.91 Å². The maximum atomic E-state index is 12.3. The highest BCUT2D eigenvalue weighted by atomic mass is 16.2. The summed E-state index contributed by atoms with van der Waals surface area (Å²) in [5, 5.41) is 2.97. The zero-order valence-electron chi connectivity index (χ0n) is 14.7. The number of rotatable bonds is 6. The fourth-order valence-corrected chi connectivity index (χ4v) is 3.12. The molecule has 1 unspecified atom stereocenters. The Morgan fingerprint density at radius 1 is 1.30 bits per heavy atom. The monoisotopic (exact) mass is 317 g/mol. The van der Waals surface area contributed by atoms with Crippen molar-refractivity contribution in [3.63, 3.8) is 0 Å². The number of nitrogens with zero attached hydrogens (tertiary/aromatic N) is 1. The zero-order valence-corrected chi connectivity index (χ0v) is 14.7. The van der Waals surface area contributed by atoms with Crippen molar-refractivity contribution in [3.05, 3.63) is 35.9 Å². The molecule has 1 aliphatic heterocycles. The molecule has 2 rings (SSSR count). The average Bonchev–Trinajstić information content (AvgIpc) is 2.53. The number of carbonyl (C=O) groups is 1. The van der Waals surface area contributed by atoms with Gasteiger partial charge in [0.15, 0.2) is 0 Å². The molecule has 128 valence electrons. The maximum absolute atomic E-state index is 12.3. The van der Waals surface area contributed by atoms with Gasteiger partial charge in [0.25, 0.3) is 0 Å². The minimum absolute atomic E-state index is 0.0741. The normalized spacial score (nSPS) is 18.6. The van der Waals surface area contributed by atoms with Gasteiger partial charge < -0.3 is 11.1 Å². The lowest BCUT2D eigenvalue weighted by molar-refractivity contribution is -0.126. The third-order valence-electron chi connectivity index (χ3n) is 4.66. The van der Waals surface area contributed by atoms with Crippen LogP contribution in [0.1, 0.15) is 39.2 Å². The Kier molecular flexibility index (Phi) is 6.19. The SMILES string of the molecule is CC(C(=O)NCC(C)(C)N)N1CCC(Cc2ccccc2)CC1. The fraction of sp³-hybridized carbons (Fsp3) is 0.632. The number of benzene rings is 1. The van der Waals surface area contributed by atoms with Gasteiger partial charge in [0, 0.05) is 12.1 Å². The van der Waals surface area contributed by atoms with Crippen LogP contribution in [0.4, 0.5) is 0 Å². The highest BCUT2D eigenvalue weighted by Crippen LogP contribution is 2.22. The number of nitrogens with two attached hydrogens (primary N) is 1. The molecule has 1 aliphatic rings. The fourth-order valence-electron chi connectivity index (χ4n) is 3.12. The lowest BCUT2D eigenvalue weighted by Crippen LogP contribution is -2.52. The minimum atomic E-state index is -0.363. The van der Waals surface area contributed by atoms with Gasteiger partial charge in [0.05, 0.1) is 6.04 Å². The van der Waals surface area contributed by atoms with Gasteiger partial charge in [-0.1, -0.05) is 30.3 Å². The van der Waals surface area contributed by atoms with E-state index in [4.69, 9.17) is 5.73 Å². The molecule has 0 aliphatic carbocycles. The summed E-state index contributed by atoms with van der Waals surface area (Å²) in [6, 6.07) is 10.6. The molecule has 0 saturated carbocycles. The Balaban J connectivity index is 1.76. The van der Waals surface area contributed by atoms with Crippen LogP contribution in [0, 0.1) is 5.92 Å². The van der Waals surface area contributed by atoms with Gasteiger partial charge >= 0.3 is 0 Å². The van der Waals surface area contributed by atoms with Crippen LogP contribution in [0.15, 0.2) is 30.3 Å². The standard InChI is InChI=1S/C19H31N3O/c1-15(18(23)21-14-19(2,3)20)22-11-9-17(10-12-22)13-16-7-5-4-6-8-16/h4-8,15,17H,9-14,20H2,1-3H3,(H,21,23). The van der Waals surface area contributed by atoms with Gasteiger partial charge in [-0.25, -0.2) is 0 Å². The number of hydrogen-bond acceptors (Lipinski definition) is 3. The first-order chi connectivity index (χ1) is 10.8. The smallest absolute Gasteiger partial charge is 0.237 e. The third-order valence-corrected chi connectivity index (χ3v) is 4.66. The molecule has 1 heterocycles. The first-order valence-electron chi connectivity index (χ1n) is 8.70. The molecule has 0 aromatic heterocycles. The minimum Gasteiger partial charge on any atom is -0.353 e. The summed E-state index contributed by atoms with van der Waals surface area (Å²) >= 11 is 0. The van der Waals surface area contributed by atoms with Gasteiger partial charge in [-0.05, 0) is 64.6 Å². The highest BCUT2D eigenvalue weighted by Gasteiger charge is 2.27. The van der Waals surface area contributed by atoms with Crippen LogP contribution in [-0.2, 0) is 11.2 Å². The van der Waals surface area contributed by atoms with Crippen LogP contribution in [-0.4, -0.2) is 42.0 Å². The zero-order chi connectivity index (χ0) is 16.9. The van der Waals surface area contributed by atoms with Crippen molar-refractivity contribution < 1.29 is 4.79 Å². The predicted octanol–water partition coefficient (Wildman–Crippen LogP) is 2.18. The summed E-state index contributed by atoms with van der Waals surface area (Å²) in [6.45, 7) is 8.35. The Bertz CT molecular complexity index is 487. The molecule has 4 nitrogen and oxygen atoms in total. The molecular weight excluding hydrogens is 286 g/mol. The van der Waals surface area contributed by atoms with Crippen LogP contribution in [0.3, 0.4) is 0 Å². The first kappa shape index (κ1) is 18.0. The van der Waals surface area contributed by atoms with Crippen molar-refractivity contribution in [2.24, 2.45) is 11.7 Å². The molecule has 1 saturated heterocycles. The Morgan fingerprint density at radius 3 is 2.48 bits per heavy atom. The summed E-state index contributed by atoms with van der Waals surface area (Å²) in [5.74, 6) is 0.817. The molecule has 1 fully saturated rings. The first-order valence-corrected chi connectivity index (χ1v) is 8.70. The van der Waals surface area contributed by atoms with Crippen LogP contribution in [0.5, 0.6) is 0 Å². The Morgan fingerprint density at radius 2 is 1.91 bits per heavy atom. The third kappa shape index (κ3) is 5.96. The second-order valence-electron chi connectivity index (χ2n) is 7.55. The van der Waals surface area contributed by atoms with E-state index in [1.54, 1.807) is 0 Å². The quantitative estimate of drug-likeness (QED) is 0.845. The van der Waals surface area contributed by atoms with Crippen molar-refractivity contribution in [1.82, 2.24) is 10.2 Å². The summed E-state index contributed by atoms with van der Waals surface area (Å²) in [4.78, 5) is 14.5. The van der Waals surface area contributed by atoms with Crippen molar-refractivity contribution in [2.75, 3.05) is 19.6 Å². The molecular formula is C19H31N3O. The van der Waals surface area contributed by atoms with Gasteiger partial charge in [0.1, 0.15) is 0 Å². The lowest BCUT2D eigenvalue weighted by Gasteiger charge is -2.35. The lowest BCUT2D eigenvalue weighted by atomic mass is 9.89. The summed E-state index contributed by atoms with van der Waals surface area (Å²) < 4.78 is 0. The van der Waals surface area contributed by atoms with E-state index < -0.39 is 0 Å². The van der Waals surface area contributed by atoms with Crippen molar-refractivity contribution in [3.8, 4) is 0 Å².